The number of fused-ring (bicyclic) bond motifs is 3. The van der Waals surface area contributed by atoms with Crippen LogP contribution >= 0.6 is 0 Å². The molecule has 1 heterocycles. The van der Waals surface area contributed by atoms with Crippen molar-refractivity contribution in [1.82, 2.24) is 0 Å². The summed E-state index contributed by atoms with van der Waals surface area (Å²) in [5, 5.41) is 2.28. The van der Waals surface area contributed by atoms with Crippen molar-refractivity contribution in [3.63, 3.8) is 0 Å². The van der Waals surface area contributed by atoms with Gasteiger partial charge < -0.3 is 4.42 Å². The first-order valence-corrected chi connectivity index (χ1v) is 19.3. The van der Waals surface area contributed by atoms with E-state index in [1.54, 1.807) is 0 Å². The smallest absolute Gasteiger partial charge is 0.143 e. The van der Waals surface area contributed by atoms with Gasteiger partial charge in [0, 0.05) is 22.3 Å². The molecule has 56 heavy (non-hydrogen) atoms. The molecule has 1 heteroatoms. The Kier molecular flexibility index (Phi) is 8.67. The van der Waals surface area contributed by atoms with Gasteiger partial charge in [-0.3, -0.25) is 0 Å². The zero-order valence-corrected chi connectivity index (χ0v) is 30.8. The number of rotatable bonds is 8. The molecule has 0 aliphatic rings. The molecule has 1 nitrogen and oxygen atoms in total. The third-order valence-electron chi connectivity index (χ3n) is 11.1. The van der Waals surface area contributed by atoms with Crippen molar-refractivity contribution in [2.75, 3.05) is 0 Å². The maximum atomic E-state index is 6.49. The summed E-state index contributed by atoms with van der Waals surface area (Å²) in [5.41, 5.74) is 17.5. The van der Waals surface area contributed by atoms with Crippen molar-refractivity contribution >= 4 is 21.9 Å². The number of benzene rings is 9. The Morgan fingerprint density at radius 3 is 1.32 bits per heavy atom. The summed E-state index contributed by atoms with van der Waals surface area (Å²) in [6.07, 6.45) is 0. The van der Waals surface area contributed by atoms with E-state index in [0.29, 0.717) is 0 Å². The van der Waals surface area contributed by atoms with E-state index in [-0.39, 0.29) is 5.92 Å². The lowest BCUT2D eigenvalue weighted by molar-refractivity contribution is 0.670. The van der Waals surface area contributed by atoms with Crippen LogP contribution in [0.3, 0.4) is 0 Å². The summed E-state index contributed by atoms with van der Waals surface area (Å²) in [6.45, 7) is 0. The van der Waals surface area contributed by atoms with Crippen LogP contribution in [0.4, 0.5) is 0 Å². The van der Waals surface area contributed by atoms with Crippen LogP contribution < -0.4 is 0 Å². The van der Waals surface area contributed by atoms with Gasteiger partial charge in [-0.25, -0.2) is 0 Å². The molecule has 0 saturated carbocycles. The molecule has 0 radical (unpaired) electrons. The third-order valence-corrected chi connectivity index (χ3v) is 11.1. The van der Waals surface area contributed by atoms with E-state index in [0.717, 1.165) is 33.1 Å². The molecule has 10 rings (SSSR count). The first kappa shape index (κ1) is 33.4. The first-order chi connectivity index (χ1) is 27.7. The number of hydrogen-bond donors (Lipinski definition) is 0. The lowest BCUT2D eigenvalue weighted by Crippen LogP contribution is -2.04. The summed E-state index contributed by atoms with van der Waals surface area (Å²) in [5.74, 6) is 0.0176. The van der Waals surface area contributed by atoms with Crippen LogP contribution in [0.25, 0.3) is 77.6 Å². The minimum atomic E-state index is 0.0176. The molecule has 1 unspecified atom stereocenters. The molecule has 1 aromatic heterocycles. The van der Waals surface area contributed by atoms with Gasteiger partial charge in [0.15, 0.2) is 0 Å². The van der Waals surface area contributed by atoms with E-state index >= 15 is 0 Å². The molecule has 0 aliphatic carbocycles. The van der Waals surface area contributed by atoms with E-state index in [1.807, 2.05) is 6.07 Å². The topological polar surface area (TPSA) is 13.1 Å². The van der Waals surface area contributed by atoms with E-state index in [2.05, 4.69) is 218 Å². The predicted molar refractivity (Wildman–Crippen MR) is 235 cm³/mol. The van der Waals surface area contributed by atoms with Gasteiger partial charge in [0.05, 0.1) is 0 Å². The predicted octanol–water partition coefficient (Wildman–Crippen LogP) is 15.1. The van der Waals surface area contributed by atoms with E-state index < -0.39 is 0 Å². The van der Waals surface area contributed by atoms with Crippen LogP contribution in [0, 0.1) is 0 Å². The van der Waals surface area contributed by atoms with Gasteiger partial charge in [0.2, 0.25) is 0 Å². The zero-order valence-electron chi connectivity index (χ0n) is 30.8. The fraction of sp³-hybridized carbons (Fsp3) is 0.0182. The molecule has 0 spiro atoms. The lowest BCUT2D eigenvalue weighted by atomic mass is 9.83. The highest BCUT2D eigenvalue weighted by atomic mass is 16.3. The minimum absolute atomic E-state index is 0.0176. The van der Waals surface area contributed by atoms with Crippen LogP contribution in [0.2, 0.25) is 0 Å². The average molecular weight is 715 g/mol. The van der Waals surface area contributed by atoms with Crippen LogP contribution in [0.5, 0.6) is 0 Å². The van der Waals surface area contributed by atoms with Gasteiger partial charge in [-0.05, 0) is 78.9 Å². The molecule has 0 bridgehead atoms. The third kappa shape index (κ3) is 6.40. The van der Waals surface area contributed by atoms with Gasteiger partial charge in [-0.15, -0.1) is 0 Å². The summed E-state index contributed by atoms with van der Waals surface area (Å²) < 4.78 is 6.49. The monoisotopic (exact) mass is 714 g/mol. The Labute approximate surface area is 327 Å². The highest BCUT2D eigenvalue weighted by Crippen LogP contribution is 2.40. The highest BCUT2D eigenvalue weighted by Gasteiger charge is 2.20. The Morgan fingerprint density at radius 1 is 0.268 bits per heavy atom. The summed E-state index contributed by atoms with van der Waals surface area (Å²) in [7, 11) is 0. The number of furan rings is 1. The number of hydrogen-bond acceptors (Lipinski definition) is 1. The Bertz CT molecular complexity index is 2920. The Balaban J connectivity index is 1.04. The second kappa shape index (κ2) is 14.5. The maximum absolute atomic E-state index is 6.49. The molecule has 0 fully saturated rings. The van der Waals surface area contributed by atoms with E-state index in [4.69, 9.17) is 4.42 Å². The molecule has 1 atom stereocenters. The van der Waals surface area contributed by atoms with Crippen molar-refractivity contribution in [3.05, 3.63) is 241 Å². The van der Waals surface area contributed by atoms with E-state index in [1.165, 1.54) is 61.2 Å². The fourth-order valence-electron chi connectivity index (χ4n) is 8.17. The SMILES string of the molecule is c1ccc(-c2ccc(-c3ccc(C(c4ccc(-c5cccc(-c6ccccc6)c5)cc4)c4cccc(-c5cccc6c5oc5ccccc56)c4)cc3)cc2)cc1. The largest absolute Gasteiger partial charge is 0.455 e. The van der Waals surface area contributed by atoms with Crippen molar-refractivity contribution in [2.24, 2.45) is 0 Å². The second-order valence-electron chi connectivity index (χ2n) is 14.5. The molecule has 9 aromatic carbocycles. The molecule has 264 valence electrons. The van der Waals surface area contributed by atoms with Gasteiger partial charge >= 0.3 is 0 Å². The summed E-state index contributed by atoms with van der Waals surface area (Å²) >= 11 is 0. The molecule has 0 aliphatic heterocycles. The fourth-order valence-corrected chi connectivity index (χ4v) is 8.17. The molecule has 0 amide bonds. The van der Waals surface area contributed by atoms with Gasteiger partial charge in [-0.2, -0.15) is 0 Å². The summed E-state index contributed by atoms with van der Waals surface area (Å²) in [4.78, 5) is 0. The quantitative estimate of drug-likeness (QED) is 0.143. The van der Waals surface area contributed by atoms with Gasteiger partial charge in [-0.1, -0.05) is 212 Å². The second-order valence-corrected chi connectivity index (χ2v) is 14.5. The van der Waals surface area contributed by atoms with Crippen molar-refractivity contribution in [1.29, 1.82) is 0 Å². The Hall–Kier alpha value is -7.22. The average Bonchev–Trinajstić information content (AvgIpc) is 3.67. The van der Waals surface area contributed by atoms with Crippen LogP contribution in [-0.2, 0) is 0 Å². The normalized spacial score (nSPS) is 11.9. The van der Waals surface area contributed by atoms with Gasteiger partial charge in [0.1, 0.15) is 11.2 Å². The highest BCUT2D eigenvalue weighted by molar-refractivity contribution is 6.09. The van der Waals surface area contributed by atoms with Crippen molar-refractivity contribution in [2.45, 2.75) is 5.92 Å². The zero-order chi connectivity index (χ0) is 37.3. The maximum Gasteiger partial charge on any atom is 0.143 e. The number of para-hydroxylation sites is 2. The summed E-state index contributed by atoms with van der Waals surface area (Å²) in [6, 6.07) is 80.9. The molecule has 10 aromatic rings. The van der Waals surface area contributed by atoms with Crippen LogP contribution in [-0.4, -0.2) is 0 Å². The van der Waals surface area contributed by atoms with Gasteiger partial charge in [0.25, 0.3) is 0 Å². The van der Waals surface area contributed by atoms with Crippen LogP contribution in [0.15, 0.2) is 229 Å². The molecular formula is C55H38O. The molecule has 0 saturated heterocycles. The van der Waals surface area contributed by atoms with Crippen molar-refractivity contribution < 1.29 is 4.42 Å². The molecule has 0 N–H and O–H groups in total. The first-order valence-electron chi connectivity index (χ1n) is 19.3. The van der Waals surface area contributed by atoms with Crippen LogP contribution in [0.1, 0.15) is 22.6 Å². The molecular weight excluding hydrogens is 677 g/mol. The van der Waals surface area contributed by atoms with E-state index in [9.17, 15) is 0 Å². The standard InChI is InChI=1S/C55H38O/c1-3-12-38(13-4-1)40-24-26-41(27-25-40)42-28-32-44(33-29-42)54(45-34-30-43(31-35-45)47-17-9-16-46(36-47)39-14-5-2-6-15-39)49-19-10-18-48(37-49)50-21-11-22-52-51-20-7-8-23-53(51)56-55(50)52/h1-37,54H. The lowest BCUT2D eigenvalue weighted by Gasteiger charge is -2.21. The Morgan fingerprint density at radius 2 is 0.696 bits per heavy atom. The van der Waals surface area contributed by atoms with Crippen molar-refractivity contribution in [3.8, 4) is 55.6 Å². The minimum Gasteiger partial charge on any atom is -0.455 e.